The van der Waals surface area contributed by atoms with Gasteiger partial charge in [-0.1, -0.05) is 6.92 Å². The highest BCUT2D eigenvalue weighted by atomic mass is 16.1. The van der Waals surface area contributed by atoms with Crippen LogP contribution in [0.1, 0.15) is 18.9 Å². The van der Waals surface area contributed by atoms with Crippen LogP contribution >= 0.6 is 0 Å². The Morgan fingerprint density at radius 2 is 2.43 bits per heavy atom. The number of aryl methyl sites for hydroxylation is 1. The first-order valence-electron chi connectivity index (χ1n) is 4.92. The molecule has 0 aliphatic heterocycles. The smallest absolute Gasteiger partial charge is 0.138 e. The van der Waals surface area contributed by atoms with E-state index in [4.69, 9.17) is 0 Å². The van der Waals surface area contributed by atoms with Gasteiger partial charge in [0.2, 0.25) is 0 Å². The fourth-order valence-corrected chi connectivity index (χ4v) is 1.28. The monoisotopic (exact) mass is 195 g/mol. The maximum atomic E-state index is 11.4. The van der Waals surface area contributed by atoms with Crippen molar-refractivity contribution in [2.45, 2.75) is 19.8 Å². The molecule has 1 aromatic heterocycles. The molecular weight excluding hydrogens is 178 g/mol. The molecule has 0 saturated carbocycles. The van der Waals surface area contributed by atoms with Crippen molar-refractivity contribution in [3.63, 3.8) is 0 Å². The molecule has 14 heavy (non-hydrogen) atoms. The molecule has 0 unspecified atom stereocenters. The molecular formula is C10H17N3O. The van der Waals surface area contributed by atoms with Gasteiger partial charge >= 0.3 is 0 Å². The Morgan fingerprint density at radius 3 is 3.00 bits per heavy atom. The predicted octanol–water partition coefficient (Wildman–Crippen LogP) is 0.531. The zero-order valence-corrected chi connectivity index (χ0v) is 8.79. The van der Waals surface area contributed by atoms with Gasteiger partial charge in [0.05, 0.1) is 6.20 Å². The third-order valence-electron chi connectivity index (χ3n) is 1.99. The zero-order valence-electron chi connectivity index (χ0n) is 8.79. The van der Waals surface area contributed by atoms with E-state index >= 15 is 0 Å². The van der Waals surface area contributed by atoms with E-state index < -0.39 is 0 Å². The largest absolute Gasteiger partial charge is 0.317 e. The summed E-state index contributed by atoms with van der Waals surface area (Å²) in [5.41, 5.74) is 0.994. The number of rotatable bonds is 6. The van der Waals surface area contributed by atoms with Crippen molar-refractivity contribution in [2.75, 3.05) is 13.1 Å². The molecule has 0 amide bonds. The van der Waals surface area contributed by atoms with Crippen LogP contribution in [0.4, 0.5) is 0 Å². The number of carbonyl (C=O) groups is 1. The first-order valence-corrected chi connectivity index (χ1v) is 4.92. The molecule has 0 saturated heterocycles. The second-order valence-electron chi connectivity index (χ2n) is 3.34. The highest BCUT2D eigenvalue weighted by Crippen LogP contribution is 1.99. The van der Waals surface area contributed by atoms with E-state index in [2.05, 4.69) is 10.4 Å². The molecule has 4 heteroatoms. The van der Waals surface area contributed by atoms with Gasteiger partial charge in [0, 0.05) is 32.6 Å². The lowest BCUT2D eigenvalue weighted by atomic mass is 10.1. The third kappa shape index (κ3) is 3.70. The Hall–Kier alpha value is -1.16. The molecule has 1 N–H and O–H groups in total. The number of aromatic nitrogens is 2. The second kappa shape index (κ2) is 5.54. The van der Waals surface area contributed by atoms with Gasteiger partial charge in [-0.2, -0.15) is 5.10 Å². The van der Waals surface area contributed by atoms with Crippen molar-refractivity contribution in [1.82, 2.24) is 15.1 Å². The number of nitrogens with one attached hydrogen (secondary N) is 1. The molecule has 4 nitrogen and oxygen atoms in total. The van der Waals surface area contributed by atoms with Crippen molar-refractivity contribution in [1.29, 1.82) is 0 Å². The molecule has 0 bridgehead atoms. The molecule has 0 radical (unpaired) electrons. The van der Waals surface area contributed by atoms with Crippen LogP contribution < -0.4 is 5.32 Å². The first-order chi connectivity index (χ1) is 6.72. The minimum atomic E-state index is 0.263. The molecule has 0 fully saturated rings. The Bertz CT molecular complexity index is 293. The average molecular weight is 195 g/mol. The third-order valence-corrected chi connectivity index (χ3v) is 1.99. The average Bonchev–Trinajstić information content (AvgIpc) is 2.52. The lowest BCUT2D eigenvalue weighted by Crippen LogP contribution is -2.18. The van der Waals surface area contributed by atoms with Gasteiger partial charge in [0.25, 0.3) is 0 Å². The molecule has 0 aliphatic rings. The van der Waals surface area contributed by atoms with Crippen LogP contribution in [0.2, 0.25) is 0 Å². The van der Waals surface area contributed by atoms with Crippen molar-refractivity contribution < 1.29 is 4.79 Å². The van der Waals surface area contributed by atoms with E-state index in [1.54, 1.807) is 10.9 Å². The highest BCUT2D eigenvalue weighted by Gasteiger charge is 2.04. The summed E-state index contributed by atoms with van der Waals surface area (Å²) >= 11 is 0. The summed E-state index contributed by atoms with van der Waals surface area (Å²) in [6.07, 6.45) is 4.72. The van der Waals surface area contributed by atoms with Crippen LogP contribution in [0, 0.1) is 0 Å². The Morgan fingerprint density at radius 1 is 1.64 bits per heavy atom. The molecule has 0 spiro atoms. The summed E-state index contributed by atoms with van der Waals surface area (Å²) in [6.45, 7) is 3.72. The number of ketones is 1. The summed E-state index contributed by atoms with van der Waals surface area (Å²) in [7, 11) is 1.85. The normalized spacial score (nSPS) is 10.4. The van der Waals surface area contributed by atoms with E-state index in [9.17, 15) is 4.79 Å². The first kappa shape index (κ1) is 10.9. The number of nitrogens with zero attached hydrogens (tertiary/aromatic N) is 2. The fraction of sp³-hybridized carbons (Fsp3) is 0.600. The van der Waals surface area contributed by atoms with Crippen LogP contribution in [0.15, 0.2) is 12.4 Å². The van der Waals surface area contributed by atoms with E-state index in [0.717, 1.165) is 18.7 Å². The van der Waals surface area contributed by atoms with Crippen molar-refractivity contribution >= 4 is 5.78 Å². The number of carbonyl (C=O) groups excluding carboxylic acids is 1. The highest BCUT2D eigenvalue weighted by molar-refractivity contribution is 5.80. The lowest BCUT2D eigenvalue weighted by Gasteiger charge is -1.99. The van der Waals surface area contributed by atoms with Gasteiger partial charge in [-0.25, -0.2) is 0 Å². The minimum Gasteiger partial charge on any atom is -0.317 e. The summed E-state index contributed by atoms with van der Waals surface area (Å²) in [6, 6.07) is 0. The van der Waals surface area contributed by atoms with Crippen LogP contribution in [-0.4, -0.2) is 28.7 Å². The van der Waals surface area contributed by atoms with Gasteiger partial charge in [-0.3, -0.25) is 9.48 Å². The van der Waals surface area contributed by atoms with Crippen LogP contribution in [0.3, 0.4) is 0 Å². The maximum absolute atomic E-state index is 11.4. The summed E-state index contributed by atoms with van der Waals surface area (Å²) in [5.74, 6) is 0.263. The Labute approximate surface area is 84.3 Å². The van der Waals surface area contributed by atoms with Crippen molar-refractivity contribution in [2.24, 2.45) is 7.05 Å². The minimum absolute atomic E-state index is 0.263. The standard InChI is InChI=1S/C10H17N3O/c1-3-11-5-4-10(14)6-9-7-12-13(2)8-9/h7-8,11H,3-6H2,1-2H3. The molecule has 0 aliphatic carbocycles. The molecule has 0 aromatic carbocycles. The Kier molecular flexibility index (Phi) is 4.32. The predicted molar refractivity (Wildman–Crippen MR) is 55.1 cm³/mol. The van der Waals surface area contributed by atoms with Gasteiger partial charge in [0.1, 0.15) is 5.78 Å². The van der Waals surface area contributed by atoms with Crippen molar-refractivity contribution in [3.05, 3.63) is 18.0 Å². The summed E-state index contributed by atoms with van der Waals surface area (Å²) in [4.78, 5) is 11.4. The number of hydrogen-bond donors (Lipinski definition) is 1. The number of hydrogen-bond acceptors (Lipinski definition) is 3. The SMILES string of the molecule is CCNCCC(=O)Cc1cnn(C)c1. The molecule has 78 valence electrons. The molecule has 0 atom stereocenters. The van der Waals surface area contributed by atoms with Gasteiger partial charge in [0.15, 0.2) is 0 Å². The van der Waals surface area contributed by atoms with Crippen LogP contribution in [0.5, 0.6) is 0 Å². The quantitative estimate of drug-likeness (QED) is 0.674. The maximum Gasteiger partial charge on any atom is 0.138 e. The van der Waals surface area contributed by atoms with E-state index in [0.29, 0.717) is 12.8 Å². The van der Waals surface area contributed by atoms with Crippen LogP contribution in [-0.2, 0) is 18.3 Å². The summed E-state index contributed by atoms with van der Waals surface area (Å²) < 4.78 is 1.72. The molecule has 1 rings (SSSR count). The number of Topliss-reactive ketones (excluding diaryl/α,β-unsaturated/α-hetero) is 1. The topological polar surface area (TPSA) is 46.9 Å². The van der Waals surface area contributed by atoms with E-state index in [1.807, 2.05) is 20.2 Å². The summed E-state index contributed by atoms with van der Waals surface area (Å²) in [5, 5.41) is 7.14. The van der Waals surface area contributed by atoms with E-state index in [-0.39, 0.29) is 5.78 Å². The Balaban J connectivity index is 2.27. The van der Waals surface area contributed by atoms with E-state index in [1.165, 1.54) is 0 Å². The lowest BCUT2D eigenvalue weighted by molar-refractivity contribution is -0.118. The van der Waals surface area contributed by atoms with Crippen LogP contribution in [0.25, 0.3) is 0 Å². The van der Waals surface area contributed by atoms with Gasteiger partial charge < -0.3 is 5.32 Å². The van der Waals surface area contributed by atoms with Crippen molar-refractivity contribution in [3.8, 4) is 0 Å². The van der Waals surface area contributed by atoms with Gasteiger partial charge in [-0.15, -0.1) is 0 Å². The molecule has 1 aromatic rings. The fourth-order valence-electron chi connectivity index (χ4n) is 1.28. The molecule has 1 heterocycles. The van der Waals surface area contributed by atoms with Gasteiger partial charge in [-0.05, 0) is 12.1 Å². The second-order valence-corrected chi connectivity index (χ2v) is 3.34. The zero-order chi connectivity index (χ0) is 10.4.